The molecule has 2 aromatic carbocycles. The van der Waals surface area contributed by atoms with Gasteiger partial charge in [-0.1, -0.05) is 42.0 Å². The lowest BCUT2D eigenvalue weighted by atomic mass is 9.95. The molecule has 2 aliphatic rings. The van der Waals surface area contributed by atoms with Crippen LogP contribution in [0.2, 0.25) is 0 Å². The standard InChI is InChI=1S/C25H31N3O3/c1-19-5-4-6-20(17-19)18-27-11-9-21(10-12-27)24(29)26-23-8-3-2-7-22(23)25(30)28-13-15-31-16-14-28/h2-8,17,21H,9-16,18H2,1H3,(H,26,29). The summed E-state index contributed by atoms with van der Waals surface area (Å²) in [4.78, 5) is 30.1. The minimum Gasteiger partial charge on any atom is -0.378 e. The van der Waals surface area contributed by atoms with Gasteiger partial charge in [-0.25, -0.2) is 0 Å². The van der Waals surface area contributed by atoms with Crippen LogP contribution >= 0.6 is 0 Å². The topological polar surface area (TPSA) is 61.9 Å². The van der Waals surface area contributed by atoms with Gasteiger partial charge in [0.1, 0.15) is 0 Å². The van der Waals surface area contributed by atoms with Gasteiger partial charge in [0.2, 0.25) is 5.91 Å². The maximum absolute atomic E-state index is 13.0. The molecule has 0 saturated carbocycles. The number of carbonyl (C=O) groups excluding carboxylic acids is 2. The molecule has 0 radical (unpaired) electrons. The minimum atomic E-state index is -0.0489. The molecule has 2 heterocycles. The summed E-state index contributed by atoms with van der Waals surface area (Å²) < 4.78 is 5.34. The Balaban J connectivity index is 1.33. The molecule has 31 heavy (non-hydrogen) atoms. The average Bonchev–Trinajstić information content (AvgIpc) is 2.80. The van der Waals surface area contributed by atoms with Crippen LogP contribution in [0.5, 0.6) is 0 Å². The fraction of sp³-hybridized carbons (Fsp3) is 0.440. The van der Waals surface area contributed by atoms with Gasteiger partial charge in [0, 0.05) is 25.6 Å². The highest BCUT2D eigenvalue weighted by molar-refractivity contribution is 6.04. The van der Waals surface area contributed by atoms with Gasteiger partial charge in [0.05, 0.1) is 24.5 Å². The van der Waals surface area contributed by atoms with Crippen molar-refractivity contribution in [2.24, 2.45) is 5.92 Å². The summed E-state index contributed by atoms with van der Waals surface area (Å²) in [5, 5.41) is 3.04. The van der Waals surface area contributed by atoms with Crippen molar-refractivity contribution in [1.82, 2.24) is 9.80 Å². The number of morpholine rings is 1. The Morgan fingerprint density at radius 2 is 1.74 bits per heavy atom. The molecular weight excluding hydrogens is 390 g/mol. The number of piperidine rings is 1. The molecule has 2 aliphatic heterocycles. The molecule has 4 rings (SSSR count). The third kappa shape index (κ3) is 5.51. The Labute approximate surface area is 184 Å². The van der Waals surface area contributed by atoms with E-state index in [1.807, 2.05) is 18.2 Å². The maximum Gasteiger partial charge on any atom is 0.256 e. The summed E-state index contributed by atoms with van der Waals surface area (Å²) in [5.41, 5.74) is 3.75. The lowest BCUT2D eigenvalue weighted by Gasteiger charge is -2.31. The molecular formula is C25H31N3O3. The van der Waals surface area contributed by atoms with Crippen LogP contribution in [0.3, 0.4) is 0 Å². The quantitative estimate of drug-likeness (QED) is 0.805. The van der Waals surface area contributed by atoms with Crippen LogP contribution in [0, 0.1) is 12.8 Å². The lowest BCUT2D eigenvalue weighted by Crippen LogP contribution is -2.41. The number of likely N-dealkylation sites (tertiary alicyclic amines) is 1. The third-order valence-electron chi connectivity index (χ3n) is 6.16. The van der Waals surface area contributed by atoms with E-state index in [0.29, 0.717) is 37.6 Å². The van der Waals surface area contributed by atoms with Crippen molar-refractivity contribution in [2.45, 2.75) is 26.3 Å². The Morgan fingerprint density at radius 3 is 2.48 bits per heavy atom. The first-order chi connectivity index (χ1) is 15.1. The zero-order chi connectivity index (χ0) is 21.6. The first-order valence-electron chi connectivity index (χ1n) is 11.1. The monoisotopic (exact) mass is 421 g/mol. The van der Waals surface area contributed by atoms with Crippen LogP contribution in [0.1, 0.15) is 34.3 Å². The second-order valence-electron chi connectivity index (χ2n) is 8.48. The number of hydrogen-bond donors (Lipinski definition) is 1. The zero-order valence-electron chi connectivity index (χ0n) is 18.2. The van der Waals surface area contributed by atoms with Crippen molar-refractivity contribution in [3.8, 4) is 0 Å². The van der Waals surface area contributed by atoms with Crippen LogP contribution in [-0.4, -0.2) is 61.0 Å². The maximum atomic E-state index is 13.0. The number of nitrogens with zero attached hydrogens (tertiary/aromatic N) is 2. The summed E-state index contributed by atoms with van der Waals surface area (Å²) in [6.45, 7) is 7.12. The Morgan fingerprint density at radius 1 is 1.00 bits per heavy atom. The molecule has 164 valence electrons. The van der Waals surface area contributed by atoms with E-state index in [0.717, 1.165) is 32.5 Å². The molecule has 0 bridgehead atoms. The van der Waals surface area contributed by atoms with Gasteiger partial charge in [-0.2, -0.15) is 0 Å². The van der Waals surface area contributed by atoms with Crippen LogP contribution in [0.4, 0.5) is 5.69 Å². The molecule has 0 aromatic heterocycles. The summed E-state index contributed by atoms with van der Waals surface area (Å²) in [5.74, 6) is -0.0649. The van der Waals surface area contributed by atoms with Crippen molar-refractivity contribution in [3.63, 3.8) is 0 Å². The van der Waals surface area contributed by atoms with Gasteiger partial charge < -0.3 is 15.0 Å². The first kappa shape index (κ1) is 21.5. The Kier molecular flexibility index (Phi) is 6.99. The number of anilines is 1. The molecule has 0 aliphatic carbocycles. The minimum absolute atomic E-state index is 0.0115. The second kappa shape index (κ2) is 10.1. The number of para-hydroxylation sites is 1. The fourth-order valence-electron chi connectivity index (χ4n) is 4.37. The number of benzene rings is 2. The van der Waals surface area contributed by atoms with Crippen molar-refractivity contribution in [3.05, 3.63) is 65.2 Å². The smallest absolute Gasteiger partial charge is 0.256 e. The van der Waals surface area contributed by atoms with Gasteiger partial charge in [-0.15, -0.1) is 0 Å². The van der Waals surface area contributed by atoms with Crippen molar-refractivity contribution < 1.29 is 14.3 Å². The van der Waals surface area contributed by atoms with Crippen LogP contribution in [0.25, 0.3) is 0 Å². The molecule has 6 heteroatoms. The molecule has 2 amide bonds. The number of hydrogen-bond acceptors (Lipinski definition) is 4. The Hall–Kier alpha value is -2.70. The molecule has 2 saturated heterocycles. The zero-order valence-corrected chi connectivity index (χ0v) is 18.2. The van der Waals surface area contributed by atoms with E-state index in [1.54, 1.807) is 11.0 Å². The van der Waals surface area contributed by atoms with Crippen molar-refractivity contribution in [1.29, 1.82) is 0 Å². The van der Waals surface area contributed by atoms with E-state index < -0.39 is 0 Å². The summed E-state index contributed by atoms with van der Waals surface area (Å²) in [6, 6.07) is 15.9. The molecule has 2 aromatic rings. The summed E-state index contributed by atoms with van der Waals surface area (Å²) >= 11 is 0. The summed E-state index contributed by atoms with van der Waals surface area (Å²) in [7, 11) is 0. The fourth-order valence-corrected chi connectivity index (χ4v) is 4.37. The number of carbonyl (C=O) groups is 2. The molecule has 0 spiro atoms. The van der Waals surface area contributed by atoms with E-state index in [2.05, 4.69) is 41.4 Å². The highest BCUT2D eigenvalue weighted by atomic mass is 16.5. The molecule has 0 unspecified atom stereocenters. The van der Waals surface area contributed by atoms with E-state index >= 15 is 0 Å². The third-order valence-corrected chi connectivity index (χ3v) is 6.16. The first-order valence-corrected chi connectivity index (χ1v) is 11.1. The molecule has 6 nitrogen and oxygen atoms in total. The molecule has 2 fully saturated rings. The van der Waals surface area contributed by atoms with Crippen molar-refractivity contribution in [2.75, 3.05) is 44.7 Å². The van der Waals surface area contributed by atoms with E-state index in [1.165, 1.54) is 11.1 Å². The number of rotatable bonds is 5. The van der Waals surface area contributed by atoms with Crippen LogP contribution < -0.4 is 5.32 Å². The van der Waals surface area contributed by atoms with Crippen LogP contribution in [-0.2, 0) is 16.1 Å². The highest BCUT2D eigenvalue weighted by Crippen LogP contribution is 2.23. The number of amides is 2. The van der Waals surface area contributed by atoms with Gasteiger partial charge in [0.25, 0.3) is 5.91 Å². The van der Waals surface area contributed by atoms with Gasteiger partial charge >= 0.3 is 0 Å². The van der Waals surface area contributed by atoms with Gasteiger partial charge in [0.15, 0.2) is 0 Å². The number of ether oxygens (including phenoxy) is 1. The van der Waals surface area contributed by atoms with E-state index in [4.69, 9.17) is 4.74 Å². The summed E-state index contributed by atoms with van der Waals surface area (Å²) in [6.07, 6.45) is 1.66. The van der Waals surface area contributed by atoms with Crippen molar-refractivity contribution >= 4 is 17.5 Å². The molecule has 0 atom stereocenters. The normalized spacial score (nSPS) is 18.0. The van der Waals surface area contributed by atoms with E-state index in [9.17, 15) is 9.59 Å². The lowest BCUT2D eigenvalue weighted by molar-refractivity contribution is -0.121. The van der Waals surface area contributed by atoms with Gasteiger partial charge in [-0.3, -0.25) is 14.5 Å². The largest absolute Gasteiger partial charge is 0.378 e. The highest BCUT2D eigenvalue weighted by Gasteiger charge is 2.27. The predicted octanol–water partition coefficient (Wildman–Crippen LogP) is 3.32. The number of nitrogens with one attached hydrogen (secondary N) is 1. The average molecular weight is 422 g/mol. The second-order valence-corrected chi connectivity index (χ2v) is 8.48. The molecule has 1 N–H and O–H groups in total. The Bertz CT molecular complexity index is 916. The SMILES string of the molecule is Cc1cccc(CN2CCC(C(=O)Nc3ccccc3C(=O)N3CCOCC3)CC2)c1. The van der Waals surface area contributed by atoms with Crippen LogP contribution in [0.15, 0.2) is 48.5 Å². The predicted molar refractivity (Wildman–Crippen MR) is 121 cm³/mol. The van der Waals surface area contributed by atoms with E-state index in [-0.39, 0.29) is 17.7 Å². The number of aryl methyl sites for hydroxylation is 1. The van der Waals surface area contributed by atoms with Gasteiger partial charge in [-0.05, 0) is 50.6 Å².